The second-order valence-corrected chi connectivity index (χ2v) is 4.50. The van der Waals surface area contributed by atoms with Crippen LogP contribution in [0.5, 0.6) is 0 Å². The molecule has 1 aromatic heterocycles. The summed E-state index contributed by atoms with van der Waals surface area (Å²) in [6.45, 7) is 0. The van der Waals surface area contributed by atoms with Gasteiger partial charge in [0.05, 0.1) is 0 Å². The van der Waals surface area contributed by atoms with Gasteiger partial charge in [-0.1, -0.05) is 45.9 Å². The quantitative estimate of drug-likeness (QED) is 0.793. The molecule has 0 atom stereocenters. The molecule has 2 rings (SSSR count). The molecular weight excluding hydrogens is 274 g/mol. The van der Waals surface area contributed by atoms with Crippen molar-refractivity contribution in [2.24, 2.45) is 7.05 Å². The van der Waals surface area contributed by atoms with Gasteiger partial charge in [0, 0.05) is 23.3 Å². The van der Waals surface area contributed by atoms with Crippen molar-refractivity contribution in [1.29, 1.82) is 0 Å². The van der Waals surface area contributed by atoms with E-state index >= 15 is 0 Å². The molecule has 0 aliphatic heterocycles. The van der Waals surface area contributed by atoms with Gasteiger partial charge >= 0.3 is 0 Å². The minimum absolute atomic E-state index is 0.806. The standard InChI is InChI=1S/C10H9BrN3S/c1-14-9(12-13-10(14)15-2)7-5-3-4-6-8(7)11/h3-6H,2H2,1H3. The lowest BCUT2D eigenvalue weighted by Crippen LogP contribution is -1.94. The summed E-state index contributed by atoms with van der Waals surface area (Å²) >= 11 is 4.84. The highest BCUT2D eigenvalue weighted by atomic mass is 79.9. The number of halogens is 1. The van der Waals surface area contributed by atoms with Gasteiger partial charge in [-0.15, -0.1) is 10.2 Å². The van der Waals surface area contributed by atoms with Crippen molar-refractivity contribution in [1.82, 2.24) is 14.8 Å². The molecule has 77 valence electrons. The molecule has 2 aromatic rings. The van der Waals surface area contributed by atoms with Gasteiger partial charge in [0.15, 0.2) is 11.0 Å². The average molecular weight is 283 g/mol. The van der Waals surface area contributed by atoms with Gasteiger partial charge in [-0.05, 0) is 6.07 Å². The summed E-state index contributed by atoms with van der Waals surface area (Å²) in [6.07, 6.45) is 3.73. The van der Waals surface area contributed by atoms with Crippen LogP contribution in [0.3, 0.4) is 0 Å². The fraction of sp³-hybridized carbons (Fsp3) is 0.100. The van der Waals surface area contributed by atoms with Crippen LogP contribution in [-0.2, 0) is 7.05 Å². The minimum Gasteiger partial charge on any atom is -0.305 e. The summed E-state index contributed by atoms with van der Waals surface area (Å²) in [6, 6.07) is 7.94. The lowest BCUT2D eigenvalue weighted by atomic mass is 10.2. The van der Waals surface area contributed by atoms with E-state index in [0.29, 0.717) is 0 Å². The Kier molecular flexibility index (Phi) is 3.11. The van der Waals surface area contributed by atoms with Gasteiger partial charge in [-0.3, -0.25) is 0 Å². The Hall–Kier alpha value is -0.810. The monoisotopic (exact) mass is 282 g/mol. The second kappa shape index (κ2) is 4.37. The molecule has 1 heterocycles. The molecule has 0 aliphatic rings. The molecule has 15 heavy (non-hydrogen) atoms. The van der Waals surface area contributed by atoms with Gasteiger partial charge < -0.3 is 4.57 Å². The molecule has 0 spiro atoms. The van der Waals surface area contributed by atoms with Crippen LogP contribution in [0.2, 0.25) is 0 Å². The molecule has 0 saturated heterocycles. The van der Waals surface area contributed by atoms with Crippen molar-refractivity contribution in [2.45, 2.75) is 5.16 Å². The van der Waals surface area contributed by atoms with Crippen LogP contribution >= 0.6 is 27.7 Å². The lowest BCUT2D eigenvalue weighted by molar-refractivity contribution is 0.796. The third-order valence-corrected chi connectivity index (χ3v) is 3.38. The Bertz CT molecular complexity index is 481. The van der Waals surface area contributed by atoms with Crippen LogP contribution < -0.4 is 0 Å². The second-order valence-electron chi connectivity index (χ2n) is 2.99. The van der Waals surface area contributed by atoms with Crippen LogP contribution in [0.4, 0.5) is 0 Å². The topological polar surface area (TPSA) is 30.7 Å². The molecule has 0 aliphatic carbocycles. The van der Waals surface area contributed by atoms with E-state index in [1.54, 1.807) is 0 Å². The molecule has 1 aromatic carbocycles. The number of hydrogen-bond donors (Lipinski definition) is 0. The van der Waals surface area contributed by atoms with E-state index in [0.717, 1.165) is 21.0 Å². The van der Waals surface area contributed by atoms with Crippen LogP contribution in [-0.4, -0.2) is 14.8 Å². The maximum Gasteiger partial charge on any atom is 0.191 e. The zero-order valence-electron chi connectivity index (χ0n) is 8.14. The summed E-state index contributed by atoms with van der Waals surface area (Å²) in [4.78, 5) is 0. The molecular formula is C10H9BrN3S. The van der Waals surface area contributed by atoms with Crippen molar-refractivity contribution >= 4 is 27.7 Å². The Labute approximate surface area is 101 Å². The molecule has 5 heteroatoms. The lowest BCUT2D eigenvalue weighted by Gasteiger charge is -2.03. The van der Waals surface area contributed by atoms with Crippen LogP contribution in [0.1, 0.15) is 0 Å². The molecule has 0 bridgehead atoms. The van der Waals surface area contributed by atoms with Crippen LogP contribution in [0.25, 0.3) is 11.4 Å². The third-order valence-electron chi connectivity index (χ3n) is 2.08. The van der Waals surface area contributed by atoms with E-state index in [-0.39, 0.29) is 0 Å². The summed E-state index contributed by atoms with van der Waals surface area (Å²) in [5.74, 6) is 0.841. The number of rotatable bonds is 2. The largest absolute Gasteiger partial charge is 0.305 e. The van der Waals surface area contributed by atoms with E-state index in [2.05, 4.69) is 32.4 Å². The Balaban J connectivity index is 2.55. The number of thioether (sulfide) groups is 1. The van der Waals surface area contributed by atoms with Crippen LogP contribution in [0, 0.1) is 6.26 Å². The van der Waals surface area contributed by atoms with Gasteiger partial charge in [-0.25, -0.2) is 0 Å². The Morgan fingerprint density at radius 1 is 1.33 bits per heavy atom. The van der Waals surface area contributed by atoms with E-state index in [4.69, 9.17) is 0 Å². The van der Waals surface area contributed by atoms with Gasteiger partial charge in [0.1, 0.15) is 0 Å². The smallest absolute Gasteiger partial charge is 0.191 e. The molecule has 0 unspecified atom stereocenters. The SMILES string of the molecule is [CH2]Sc1nnc(-c2ccccc2Br)n1C. The molecule has 0 saturated carbocycles. The highest BCUT2D eigenvalue weighted by molar-refractivity contribution is 9.10. The third kappa shape index (κ3) is 1.94. The molecule has 0 N–H and O–H groups in total. The molecule has 0 amide bonds. The fourth-order valence-electron chi connectivity index (χ4n) is 1.32. The van der Waals surface area contributed by atoms with Crippen molar-refractivity contribution in [2.75, 3.05) is 0 Å². The van der Waals surface area contributed by atoms with E-state index in [9.17, 15) is 0 Å². The summed E-state index contributed by atoms with van der Waals surface area (Å²) in [5.41, 5.74) is 1.04. The van der Waals surface area contributed by atoms with Crippen LogP contribution in [0.15, 0.2) is 33.9 Å². The van der Waals surface area contributed by atoms with Crippen molar-refractivity contribution in [3.8, 4) is 11.4 Å². The maximum atomic E-state index is 4.14. The number of nitrogens with zero attached hydrogens (tertiary/aromatic N) is 3. The molecule has 1 radical (unpaired) electrons. The number of benzene rings is 1. The summed E-state index contributed by atoms with van der Waals surface area (Å²) in [5, 5.41) is 8.99. The van der Waals surface area contributed by atoms with Crippen molar-refractivity contribution < 1.29 is 0 Å². The first-order chi connectivity index (χ1) is 7.24. The van der Waals surface area contributed by atoms with Crippen molar-refractivity contribution in [3.05, 3.63) is 35.0 Å². The summed E-state index contributed by atoms with van der Waals surface area (Å²) in [7, 11) is 1.93. The normalized spacial score (nSPS) is 10.6. The van der Waals surface area contributed by atoms with E-state index in [1.807, 2.05) is 35.9 Å². The van der Waals surface area contributed by atoms with E-state index in [1.165, 1.54) is 11.8 Å². The molecule has 3 nitrogen and oxygen atoms in total. The zero-order chi connectivity index (χ0) is 10.8. The highest BCUT2D eigenvalue weighted by Crippen LogP contribution is 2.27. The number of aromatic nitrogens is 3. The van der Waals surface area contributed by atoms with E-state index < -0.39 is 0 Å². The first-order valence-corrected chi connectivity index (χ1v) is 6.08. The first kappa shape index (κ1) is 10.7. The molecule has 0 fully saturated rings. The Morgan fingerprint density at radius 2 is 2.07 bits per heavy atom. The fourth-order valence-corrected chi connectivity index (χ4v) is 2.16. The first-order valence-electron chi connectivity index (χ1n) is 4.30. The van der Waals surface area contributed by atoms with Crippen molar-refractivity contribution in [3.63, 3.8) is 0 Å². The Morgan fingerprint density at radius 3 is 2.67 bits per heavy atom. The average Bonchev–Trinajstić information content (AvgIpc) is 2.60. The maximum absolute atomic E-state index is 4.14. The van der Waals surface area contributed by atoms with Gasteiger partial charge in [0.25, 0.3) is 0 Å². The minimum atomic E-state index is 0.806. The summed E-state index contributed by atoms with van der Waals surface area (Å²) < 4.78 is 2.94. The van der Waals surface area contributed by atoms with Gasteiger partial charge in [0.2, 0.25) is 0 Å². The number of hydrogen-bond acceptors (Lipinski definition) is 3. The zero-order valence-corrected chi connectivity index (χ0v) is 10.5. The predicted molar refractivity (Wildman–Crippen MR) is 65.4 cm³/mol. The highest BCUT2D eigenvalue weighted by Gasteiger charge is 2.11. The van der Waals surface area contributed by atoms with Gasteiger partial charge in [-0.2, -0.15) is 0 Å². The predicted octanol–water partition coefficient (Wildman–Crippen LogP) is 3.13.